The summed E-state index contributed by atoms with van der Waals surface area (Å²) in [6, 6.07) is 5.59. The number of carbonyl (C=O) groups is 1. The van der Waals surface area contributed by atoms with Crippen LogP contribution in [0.2, 0.25) is 0 Å². The van der Waals surface area contributed by atoms with Crippen molar-refractivity contribution in [3.8, 4) is 5.75 Å². The monoisotopic (exact) mass is 264 g/mol. The number of fused-ring (bicyclic) bond motifs is 1. The van der Waals surface area contributed by atoms with Crippen LogP contribution in [0.5, 0.6) is 5.75 Å². The summed E-state index contributed by atoms with van der Waals surface area (Å²) in [7, 11) is 0. The number of aliphatic hydroxyl groups is 1. The van der Waals surface area contributed by atoms with E-state index in [1.54, 1.807) is 6.92 Å². The fourth-order valence-electron chi connectivity index (χ4n) is 2.02. The third kappa shape index (κ3) is 3.17. The van der Waals surface area contributed by atoms with Gasteiger partial charge >= 0.3 is 0 Å². The molecule has 5 heteroatoms. The Balaban J connectivity index is 2.18. The third-order valence-corrected chi connectivity index (χ3v) is 3.13. The molecule has 0 spiro atoms. The van der Waals surface area contributed by atoms with Crippen molar-refractivity contribution >= 4 is 17.3 Å². The van der Waals surface area contributed by atoms with Crippen LogP contribution in [0.4, 0.5) is 11.4 Å². The van der Waals surface area contributed by atoms with Crippen molar-refractivity contribution in [1.29, 1.82) is 0 Å². The maximum Gasteiger partial charge on any atom is 0.265 e. The first-order chi connectivity index (χ1) is 8.91. The Kier molecular flexibility index (Phi) is 3.66. The molecule has 0 radical (unpaired) electrons. The maximum atomic E-state index is 11.6. The van der Waals surface area contributed by atoms with Gasteiger partial charge in [0.25, 0.3) is 5.91 Å². The number of benzene rings is 1. The molecule has 0 bridgehead atoms. The molecule has 1 amide bonds. The molecule has 1 atom stereocenters. The topological polar surface area (TPSA) is 70.6 Å². The highest BCUT2D eigenvalue weighted by molar-refractivity contribution is 5.98. The van der Waals surface area contributed by atoms with E-state index in [9.17, 15) is 4.79 Å². The Labute approximate surface area is 113 Å². The second-order valence-corrected chi connectivity index (χ2v) is 5.44. The lowest BCUT2D eigenvalue weighted by Gasteiger charge is -2.28. The van der Waals surface area contributed by atoms with E-state index in [0.29, 0.717) is 17.9 Å². The molecule has 19 heavy (non-hydrogen) atoms. The standard InChI is InChI=1S/C14H20N2O3/c1-9-13(18)15-11-8-10(4-5-12(11)19-9)16-14(2,3)6-7-17/h4-5,8-9,16-17H,6-7H2,1-3H3,(H,15,18). The zero-order chi connectivity index (χ0) is 14.0. The summed E-state index contributed by atoms with van der Waals surface area (Å²) in [5.74, 6) is 0.539. The fraction of sp³-hybridized carbons (Fsp3) is 0.500. The molecular weight excluding hydrogens is 244 g/mol. The van der Waals surface area contributed by atoms with E-state index >= 15 is 0 Å². The van der Waals surface area contributed by atoms with Crippen molar-refractivity contribution in [2.75, 3.05) is 17.2 Å². The van der Waals surface area contributed by atoms with Crippen LogP contribution in [0.3, 0.4) is 0 Å². The van der Waals surface area contributed by atoms with Crippen LogP contribution < -0.4 is 15.4 Å². The van der Waals surface area contributed by atoms with Crippen LogP contribution in [0.15, 0.2) is 18.2 Å². The molecule has 1 aliphatic heterocycles. The Bertz CT molecular complexity index is 486. The van der Waals surface area contributed by atoms with Crippen molar-refractivity contribution in [1.82, 2.24) is 0 Å². The quantitative estimate of drug-likeness (QED) is 0.777. The normalized spacial score (nSPS) is 18.3. The molecule has 2 rings (SSSR count). The molecule has 1 aromatic rings. The van der Waals surface area contributed by atoms with Crippen LogP contribution in [-0.4, -0.2) is 29.3 Å². The molecular formula is C14H20N2O3. The molecule has 0 saturated carbocycles. The summed E-state index contributed by atoms with van der Waals surface area (Å²) in [5, 5.41) is 15.2. The van der Waals surface area contributed by atoms with Crippen molar-refractivity contribution in [3.05, 3.63) is 18.2 Å². The zero-order valence-corrected chi connectivity index (χ0v) is 11.5. The minimum atomic E-state index is -0.461. The minimum absolute atomic E-state index is 0.127. The highest BCUT2D eigenvalue weighted by atomic mass is 16.5. The van der Waals surface area contributed by atoms with Gasteiger partial charge in [-0.25, -0.2) is 0 Å². The van der Waals surface area contributed by atoms with Crippen LogP contribution >= 0.6 is 0 Å². The van der Waals surface area contributed by atoms with Crippen LogP contribution in [0, 0.1) is 0 Å². The fourth-order valence-corrected chi connectivity index (χ4v) is 2.02. The highest BCUT2D eigenvalue weighted by Crippen LogP contribution is 2.33. The number of rotatable bonds is 4. The molecule has 1 aliphatic rings. The molecule has 1 heterocycles. The molecule has 0 fully saturated rings. The number of aliphatic hydroxyl groups excluding tert-OH is 1. The first-order valence-electron chi connectivity index (χ1n) is 6.42. The number of hydrogen-bond acceptors (Lipinski definition) is 4. The van der Waals surface area contributed by atoms with Gasteiger partial charge in [0, 0.05) is 17.8 Å². The predicted molar refractivity (Wildman–Crippen MR) is 74.6 cm³/mol. The van der Waals surface area contributed by atoms with Gasteiger partial charge < -0.3 is 20.5 Å². The summed E-state index contributed by atoms with van der Waals surface area (Å²) in [6.07, 6.45) is 0.182. The molecule has 0 saturated heterocycles. The molecule has 0 aromatic heterocycles. The molecule has 5 nitrogen and oxygen atoms in total. The third-order valence-electron chi connectivity index (χ3n) is 3.13. The van der Waals surface area contributed by atoms with E-state index in [1.807, 2.05) is 32.0 Å². The molecule has 3 N–H and O–H groups in total. The summed E-state index contributed by atoms with van der Waals surface area (Å²) >= 11 is 0. The number of anilines is 2. The van der Waals surface area contributed by atoms with Gasteiger partial charge in [-0.05, 0) is 45.4 Å². The van der Waals surface area contributed by atoms with Gasteiger partial charge in [0.15, 0.2) is 6.10 Å². The largest absolute Gasteiger partial charge is 0.479 e. The predicted octanol–water partition coefficient (Wildman–Crippen LogP) is 1.98. The number of carbonyl (C=O) groups excluding carboxylic acids is 1. The molecule has 104 valence electrons. The molecule has 0 aliphatic carbocycles. The summed E-state index contributed by atoms with van der Waals surface area (Å²) in [4.78, 5) is 11.6. The smallest absolute Gasteiger partial charge is 0.265 e. The highest BCUT2D eigenvalue weighted by Gasteiger charge is 2.24. The van der Waals surface area contributed by atoms with Crippen LogP contribution in [-0.2, 0) is 4.79 Å². The maximum absolute atomic E-state index is 11.6. The van der Waals surface area contributed by atoms with E-state index in [4.69, 9.17) is 9.84 Å². The van der Waals surface area contributed by atoms with E-state index in [0.717, 1.165) is 5.69 Å². The molecule has 1 unspecified atom stereocenters. The summed E-state index contributed by atoms with van der Waals surface area (Å²) in [6.45, 7) is 5.87. The molecule has 1 aromatic carbocycles. The first-order valence-corrected chi connectivity index (χ1v) is 6.42. The van der Waals surface area contributed by atoms with E-state index in [1.165, 1.54) is 0 Å². The Morgan fingerprint density at radius 2 is 2.21 bits per heavy atom. The van der Waals surface area contributed by atoms with Crippen molar-refractivity contribution in [2.24, 2.45) is 0 Å². The van der Waals surface area contributed by atoms with Gasteiger partial charge in [-0.3, -0.25) is 4.79 Å². The Morgan fingerprint density at radius 3 is 2.89 bits per heavy atom. The Morgan fingerprint density at radius 1 is 1.47 bits per heavy atom. The van der Waals surface area contributed by atoms with Crippen LogP contribution in [0.1, 0.15) is 27.2 Å². The van der Waals surface area contributed by atoms with Crippen molar-refractivity contribution < 1.29 is 14.6 Å². The van der Waals surface area contributed by atoms with E-state index in [2.05, 4.69) is 10.6 Å². The number of hydrogen-bond donors (Lipinski definition) is 3. The number of amides is 1. The SMILES string of the molecule is CC1Oc2ccc(NC(C)(C)CCO)cc2NC1=O. The van der Waals surface area contributed by atoms with Crippen molar-refractivity contribution in [2.45, 2.75) is 38.8 Å². The van der Waals surface area contributed by atoms with Crippen LogP contribution in [0.25, 0.3) is 0 Å². The average Bonchev–Trinajstić information content (AvgIpc) is 2.30. The first kappa shape index (κ1) is 13.7. The Hall–Kier alpha value is -1.75. The van der Waals surface area contributed by atoms with Gasteiger partial charge in [-0.1, -0.05) is 0 Å². The van der Waals surface area contributed by atoms with Gasteiger partial charge in [0.05, 0.1) is 5.69 Å². The van der Waals surface area contributed by atoms with Crippen molar-refractivity contribution in [3.63, 3.8) is 0 Å². The average molecular weight is 264 g/mol. The second kappa shape index (κ2) is 5.09. The van der Waals surface area contributed by atoms with Gasteiger partial charge in [0.1, 0.15) is 5.75 Å². The lowest BCUT2D eigenvalue weighted by atomic mass is 10.0. The summed E-state index contributed by atoms with van der Waals surface area (Å²) in [5.41, 5.74) is 1.35. The number of ether oxygens (including phenoxy) is 1. The van der Waals surface area contributed by atoms with E-state index in [-0.39, 0.29) is 18.1 Å². The number of nitrogens with one attached hydrogen (secondary N) is 2. The second-order valence-electron chi connectivity index (χ2n) is 5.44. The summed E-state index contributed by atoms with van der Waals surface area (Å²) < 4.78 is 5.50. The lowest BCUT2D eigenvalue weighted by Crippen LogP contribution is -2.35. The lowest BCUT2D eigenvalue weighted by molar-refractivity contribution is -0.122. The minimum Gasteiger partial charge on any atom is -0.479 e. The van der Waals surface area contributed by atoms with Gasteiger partial charge in [-0.2, -0.15) is 0 Å². The van der Waals surface area contributed by atoms with E-state index < -0.39 is 6.10 Å². The van der Waals surface area contributed by atoms with Gasteiger partial charge in [-0.15, -0.1) is 0 Å². The van der Waals surface area contributed by atoms with Gasteiger partial charge in [0.2, 0.25) is 0 Å². The zero-order valence-electron chi connectivity index (χ0n) is 11.5.